The zero-order chi connectivity index (χ0) is 12.4. The summed E-state index contributed by atoms with van der Waals surface area (Å²) in [5.74, 6) is 0.669. The van der Waals surface area contributed by atoms with Gasteiger partial charge < -0.3 is 9.55 Å². The maximum atomic E-state index is 11.0. The van der Waals surface area contributed by atoms with Gasteiger partial charge in [0.1, 0.15) is 0 Å². The van der Waals surface area contributed by atoms with Crippen molar-refractivity contribution < 1.29 is 4.21 Å². The number of hydrogen-bond acceptors (Lipinski definition) is 3. The zero-order valence-electron chi connectivity index (χ0n) is 9.27. The van der Waals surface area contributed by atoms with Crippen molar-refractivity contribution in [2.75, 3.05) is 12.0 Å². The Bertz CT molecular complexity index is 620. The number of aromatic nitrogens is 3. The summed E-state index contributed by atoms with van der Waals surface area (Å²) < 4.78 is 13.5. The first-order valence-electron chi connectivity index (χ1n) is 5.12. The van der Waals surface area contributed by atoms with Crippen molar-refractivity contribution >= 4 is 45.8 Å². The van der Waals surface area contributed by atoms with Crippen molar-refractivity contribution in [3.05, 3.63) is 22.1 Å². The monoisotopic (exact) mass is 289 g/mol. The van der Waals surface area contributed by atoms with E-state index in [0.29, 0.717) is 22.1 Å². The lowest BCUT2D eigenvalue weighted by molar-refractivity contribution is 0.663. The van der Waals surface area contributed by atoms with Crippen LogP contribution in [0, 0.1) is 4.77 Å². The van der Waals surface area contributed by atoms with E-state index in [9.17, 15) is 4.21 Å². The van der Waals surface area contributed by atoms with E-state index in [4.69, 9.17) is 23.8 Å². The van der Waals surface area contributed by atoms with Crippen LogP contribution in [0.5, 0.6) is 0 Å². The topological polar surface area (TPSA) is 50.7 Å². The molecule has 1 atom stereocenters. The predicted molar refractivity (Wildman–Crippen MR) is 73.5 cm³/mol. The molecule has 1 N–H and O–H groups in total. The highest BCUT2D eigenvalue weighted by molar-refractivity contribution is 7.84. The SMILES string of the molecule is CS(=O)CCCn1c(=S)[nH]c2cc(Cl)cnc21. The van der Waals surface area contributed by atoms with E-state index in [1.165, 1.54) is 0 Å². The average molecular weight is 290 g/mol. The number of nitrogens with one attached hydrogen (secondary N) is 1. The van der Waals surface area contributed by atoms with Crippen LogP contribution in [-0.4, -0.2) is 30.8 Å². The molecule has 2 heterocycles. The Hall–Kier alpha value is -0.720. The standard InChI is InChI=1S/C10H12ClN3OS2/c1-17(15)4-2-3-14-9-8(13-10(14)16)5-7(11)6-12-9/h5-6H,2-4H2,1H3,(H,13,16). The summed E-state index contributed by atoms with van der Waals surface area (Å²) >= 11 is 11.1. The lowest BCUT2D eigenvalue weighted by atomic mass is 10.4. The van der Waals surface area contributed by atoms with Crippen molar-refractivity contribution in [2.45, 2.75) is 13.0 Å². The average Bonchev–Trinajstić information content (AvgIpc) is 2.54. The van der Waals surface area contributed by atoms with Crippen molar-refractivity contribution in [1.82, 2.24) is 14.5 Å². The first-order chi connectivity index (χ1) is 8.08. The van der Waals surface area contributed by atoms with Crippen LogP contribution < -0.4 is 0 Å². The molecule has 2 aromatic rings. The van der Waals surface area contributed by atoms with Crippen LogP contribution in [-0.2, 0) is 17.3 Å². The van der Waals surface area contributed by atoms with E-state index >= 15 is 0 Å². The van der Waals surface area contributed by atoms with Gasteiger partial charge in [-0.05, 0) is 24.7 Å². The number of nitrogens with zero attached hydrogens (tertiary/aromatic N) is 2. The Morgan fingerprint density at radius 2 is 2.41 bits per heavy atom. The molecular formula is C10H12ClN3OS2. The van der Waals surface area contributed by atoms with Gasteiger partial charge in [0.05, 0.1) is 10.5 Å². The Morgan fingerprint density at radius 3 is 3.12 bits per heavy atom. The molecule has 0 fully saturated rings. The molecular weight excluding hydrogens is 278 g/mol. The maximum absolute atomic E-state index is 11.0. The Labute approximate surface area is 111 Å². The number of halogens is 1. The van der Waals surface area contributed by atoms with E-state index in [0.717, 1.165) is 17.6 Å². The lowest BCUT2D eigenvalue weighted by Crippen LogP contribution is -2.03. The van der Waals surface area contributed by atoms with Crippen LogP contribution >= 0.6 is 23.8 Å². The molecule has 0 aliphatic heterocycles. The fourth-order valence-corrected chi connectivity index (χ4v) is 2.63. The molecule has 0 radical (unpaired) electrons. The normalized spacial score (nSPS) is 13.1. The molecule has 2 aromatic heterocycles. The Morgan fingerprint density at radius 1 is 1.65 bits per heavy atom. The summed E-state index contributed by atoms with van der Waals surface area (Å²) in [4.78, 5) is 7.32. The van der Waals surface area contributed by atoms with Gasteiger partial charge in [0.25, 0.3) is 0 Å². The third-order valence-electron chi connectivity index (χ3n) is 2.39. The minimum Gasteiger partial charge on any atom is -0.329 e. The smallest absolute Gasteiger partial charge is 0.179 e. The number of fused-ring (bicyclic) bond motifs is 1. The maximum Gasteiger partial charge on any atom is 0.179 e. The second-order valence-electron chi connectivity index (χ2n) is 3.74. The summed E-state index contributed by atoms with van der Waals surface area (Å²) in [6.45, 7) is 0.715. The molecule has 0 aromatic carbocycles. The first-order valence-corrected chi connectivity index (χ1v) is 7.63. The van der Waals surface area contributed by atoms with Crippen LogP contribution in [0.2, 0.25) is 5.02 Å². The van der Waals surface area contributed by atoms with Gasteiger partial charge in [-0.3, -0.25) is 4.21 Å². The second-order valence-corrected chi connectivity index (χ2v) is 6.12. The van der Waals surface area contributed by atoms with Gasteiger partial charge in [-0.25, -0.2) is 4.98 Å². The van der Waals surface area contributed by atoms with Crippen LogP contribution in [0.3, 0.4) is 0 Å². The van der Waals surface area contributed by atoms with Crippen molar-refractivity contribution in [2.24, 2.45) is 0 Å². The molecule has 92 valence electrons. The summed E-state index contributed by atoms with van der Waals surface area (Å²) in [7, 11) is -0.770. The third kappa shape index (κ3) is 2.94. The molecule has 2 rings (SSSR count). The van der Waals surface area contributed by atoms with Crippen molar-refractivity contribution in [3.8, 4) is 0 Å². The predicted octanol–water partition coefficient (Wildman–Crippen LogP) is 2.52. The Balaban J connectivity index is 2.30. The van der Waals surface area contributed by atoms with Crippen molar-refractivity contribution in [1.29, 1.82) is 0 Å². The molecule has 7 heteroatoms. The van der Waals surface area contributed by atoms with Gasteiger partial charge in [0.15, 0.2) is 10.4 Å². The highest BCUT2D eigenvalue weighted by Gasteiger charge is 2.06. The van der Waals surface area contributed by atoms with Crippen LogP contribution in [0.25, 0.3) is 11.2 Å². The Kier molecular flexibility index (Phi) is 3.96. The van der Waals surface area contributed by atoms with Crippen LogP contribution in [0.1, 0.15) is 6.42 Å². The fourth-order valence-electron chi connectivity index (χ4n) is 1.65. The van der Waals surface area contributed by atoms with Gasteiger partial charge in [0.2, 0.25) is 0 Å². The summed E-state index contributed by atoms with van der Waals surface area (Å²) in [6, 6.07) is 1.80. The zero-order valence-corrected chi connectivity index (χ0v) is 11.7. The molecule has 4 nitrogen and oxygen atoms in total. The lowest BCUT2D eigenvalue weighted by Gasteiger charge is -2.02. The molecule has 0 aliphatic rings. The van der Waals surface area contributed by atoms with Gasteiger partial charge >= 0.3 is 0 Å². The van der Waals surface area contributed by atoms with Crippen LogP contribution in [0.15, 0.2) is 12.3 Å². The van der Waals surface area contributed by atoms with Crippen LogP contribution in [0.4, 0.5) is 0 Å². The van der Waals surface area contributed by atoms with E-state index in [2.05, 4.69) is 9.97 Å². The highest BCUT2D eigenvalue weighted by Crippen LogP contribution is 2.16. The van der Waals surface area contributed by atoms with E-state index in [1.807, 2.05) is 4.57 Å². The van der Waals surface area contributed by atoms with Gasteiger partial charge in [0, 0.05) is 35.5 Å². The molecule has 0 spiro atoms. The van der Waals surface area contributed by atoms with E-state index < -0.39 is 10.8 Å². The molecule has 0 aliphatic carbocycles. The summed E-state index contributed by atoms with van der Waals surface area (Å²) in [5.41, 5.74) is 1.63. The highest BCUT2D eigenvalue weighted by atomic mass is 35.5. The number of H-pyrrole nitrogens is 1. The molecule has 0 amide bonds. The number of aromatic amines is 1. The summed E-state index contributed by atoms with van der Waals surface area (Å²) in [6.07, 6.45) is 4.11. The second kappa shape index (κ2) is 5.29. The minimum absolute atomic E-state index is 0.579. The molecule has 0 bridgehead atoms. The quantitative estimate of drug-likeness (QED) is 0.880. The first kappa shape index (κ1) is 12.7. The van der Waals surface area contributed by atoms with Gasteiger partial charge in [-0.15, -0.1) is 0 Å². The minimum atomic E-state index is -0.770. The fraction of sp³-hybridized carbons (Fsp3) is 0.400. The molecule has 0 saturated carbocycles. The van der Waals surface area contributed by atoms with E-state index in [-0.39, 0.29) is 0 Å². The summed E-state index contributed by atoms with van der Waals surface area (Å²) in [5, 5.41) is 0.579. The molecule has 0 saturated heterocycles. The van der Waals surface area contributed by atoms with Gasteiger partial charge in [-0.1, -0.05) is 11.6 Å². The number of aryl methyl sites for hydroxylation is 1. The third-order valence-corrected chi connectivity index (χ3v) is 3.78. The number of rotatable bonds is 4. The number of hydrogen-bond donors (Lipinski definition) is 1. The van der Waals surface area contributed by atoms with E-state index in [1.54, 1.807) is 18.5 Å². The molecule has 17 heavy (non-hydrogen) atoms. The molecule has 1 unspecified atom stereocenters. The largest absolute Gasteiger partial charge is 0.329 e. The number of imidazole rings is 1. The van der Waals surface area contributed by atoms with Gasteiger partial charge in [-0.2, -0.15) is 0 Å². The number of pyridine rings is 1. The van der Waals surface area contributed by atoms with Crippen molar-refractivity contribution in [3.63, 3.8) is 0 Å².